The molecule has 1 aliphatic carbocycles. The first-order chi connectivity index (χ1) is 17.5. The second-order valence-electron chi connectivity index (χ2n) is 10.4. The molecule has 0 unspecified atom stereocenters. The summed E-state index contributed by atoms with van der Waals surface area (Å²) in [5.41, 5.74) is 3.77. The van der Waals surface area contributed by atoms with Crippen LogP contribution in [0.5, 0.6) is 0 Å². The van der Waals surface area contributed by atoms with Crippen LogP contribution in [-0.4, -0.2) is 33.3 Å². The lowest BCUT2D eigenvalue weighted by molar-refractivity contribution is -0.151. The third kappa shape index (κ3) is 5.47. The highest BCUT2D eigenvalue weighted by Crippen LogP contribution is 2.46. The van der Waals surface area contributed by atoms with Crippen LogP contribution >= 0.6 is 0 Å². The van der Waals surface area contributed by atoms with E-state index >= 15 is 0 Å². The van der Waals surface area contributed by atoms with Crippen molar-refractivity contribution in [3.05, 3.63) is 88.7 Å². The fourth-order valence-corrected chi connectivity index (χ4v) is 5.35. The molecule has 1 aliphatic rings. The summed E-state index contributed by atoms with van der Waals surface area (Å²) >= 11 is 0. The molecule has 7 nitrogen and oxygen atoms in total. The van der Waals surface area contributed by atoms with Gasteiger partial charge in [0.1, 0.15) is 11.7 Å². The van der Waals surface area contributed by atoms with Gasteiger partial charge in [-0.05, 0) is 70.0 Å². The van der Waals surface area contributed by atoms with Crippen molar-refractivity contribution >= 4 is 29.0 Å². The Hall–Kier alpha value is -3.84. The SMILES string of the molecule is Cc1ccc(NC(=O)[C@@H]2C(=O)C[C@](C)(O)[C@H](C(=O)Nc3ccc(C)cc3C)[C@H]2c2ccccn2)c(C)c1. The molecule has 7 heteroatoms. The minimum atomic E-state index is -1.68. The van der Waals surface area contributed by atoms with Crippen molar-refractivity contribution < 1.29 is 19.5 Å². The van der Waals surface area contributed by atoms with Gasteiger partial charge in [-0.1, -0.05) is 41.5 Å². The molecule has 192 valence electrons. The molecule has 37 heavy (non-hydrogen) atoms. The number of ketones is 1. The lowest BCUT2D eigenvalue weighted by atomic mass is 9.62. The van der Waals surface area contributed by atoms with Crippen LogP contribution in [0.25, 0.3) is 0 Å². The van der Waals surface area contributed by atoms with E-state index < -0.39 is 41.0 Å². The van der Waals surface area contributed by atoms with Crippen molar-refractivity contribution in [2.75, 3.05) is 10.6 Å². The average molecular weight is 500 g/mol. The van der Waals surface area contributed by atoms with Gasteiger partial charge in [0, 0.05) is 35.6 Å². The number of pyridine rings is 1. The Morgan fingerprint density at radius 2 is 1.46 bits per heavy atom. The van der Waals surface area contributed by atoms with E-state index in [0.29, 0.717) is 17.1 Å². The number of amides is 2. The number of aliphatic hydroxyl groups is 1. The highest BCUT2D eigenvalue weighted by Gasteiger charge is 2.56. The molecule has 3 N–H and O–H groups in total. The van der Waals surface area contributed by atoms with Crippen molar-refractivity contribution in [3.63, 3.8) is 0 Å². The molecule has 1 saturated carbocycles. The summed E-state index contributed by atoms with van der Waals surface area (Å²) in [4.78, 5) is 45.3. The van der Waals surface area contributed by atoms with Crippen LogP contribution in [0.15, 0.2) is 60.8 Å². The van der Waals surface area contributed by atoms with E-state index in [0.717, 1.165) is 22.3 Å². The number of nitrogens with one attached hydrogen (secondary N) is 2. The third-order valence-electron chi connectivity index (χ3n) is 7.14. The Kier molecular flexibility index (Phi) is 7.28. The van der Waals surface area contributed by atoms with Crippen LogP contribution in [-0.2, 0) is 14.4 Å². The largest absolute Gasteiger partial charge is 0.389 e. The normalized spacial score (nSPS) is 23.4. The van der Waals surface area contributed by atoms with E-state index in [2.05, 4.69) is 15.6 Å². The number of nitrogens with zero attached hydrogens (tertiary/aromatic N) is 1. The van der Waals surface area contributed by atoms with Gasteiger partial charge in [0.2, 0.25) is 11.8 Å². The van der Waals surface area contributed by atoms with E-state index in [1.165, 1.54) is 6.92 Å². The van der Waals surface area contributed by atoms with Gasteiger partial charge in [-0.3, -0.25) is 19.4 Å². The number of carbonyl (C=O) groups is 3. The lowest BCUT2D eigenvalue weighted by Crippen LogP contribution is -2.56. The topological polar surface area (TPSA) is 108 Å². The Morgan fingerprint density at radius 1 is 0.892 bits per heavy atom. The molecule has 0 spiro atoms. The summed E-state index contributed by atoms with van der Waals surface area (Å²) in [5.74, 6) is -4.69. The van der Waals surface area contributed by atoms with Crippen LogP contribution in [0.2, 0.25) is 0 Å². The first-order valence-corrected chi connectivity index (χ1v) is 12.4. The summed E-state index contributed by atoms with van der Waals surface area (Å²) in [6.45, 7) is 9.17. The summed E-state index contributed by atoms with van der Waals surface area (Å²) in [5, 5.41) is 17.2. The van der Waals surface area contributed by atoms with Gasteiger partial charge in [-0.15, -0.1) is 0 Å². The number of rotatable bonds is 5. The molecular weight excluding hydrogens is 466 g/mol. The van der Waals surface area contributed by atoms with E-state index in [4.69, 9.17) is 0 Å². The minimum absolute atomic E-state index is 0.327. The van der Waals surface area contributed by atoms with Gasteiger partial charge < -0.3 is 15.7 Å². The highest BCUT2D eigenvalue weighted by atomic mass is 16.3. The van der Waals surface area contributed by atoms with E-state index in [-0.39, 0.29) is 6.42 Å². The number of Topliss-reactive ketones (excluding diaryl/α,β-unsaturated/α-hetero) is 1. The van der Waals surface area contributed by atoms with Gasteiger partial charge in [0.15, 0.2) is 0 Å². The molecule has 2 aromatic carbocycles. The molecule has 0 radical (unpaired) electrons. The van der Waals surface area contributed by atoms with Crippen LogP contribution in [0.4, 0.5) is 11.4 Å². The molecule has 0 bridgehead atoms. The van der Waals surface area contributed by atoms with E-state index in [1.54, 1.807) is 30.5 Å². The highest BCUT2D eigenvalue weighted by molar-refractivity contribution is 6.10. The molecule has 4 rings (SSSR count). The summed E-state index contributed by atoms with van der Waals surface area (Å²) in [6, 6.07) is 16.4. The molecule has 1 aromatic heterocycles. The number of aryl methyl sites for hydroxylation is 4. The van der Waals surface area contributed by atoms with Crippen LogP contribution in [0, 0.1) is 39.5 Å². The monoisotopic (exact) mass is 499 g/mol. The second-order valence-corrected chi connectivity index (χ2v) is 10.4. The van der Waals surface area contributed by atoms with Gasteiger partial charge in [-0.2, -0.15) is 0 Å². The summed E-state index contributed by atoms with van der Waals surface area (Å²) < 4.78 is 0. The third-order valence-corrected chi connectivity index (χ3v) is 7.14. The standard InChI is InChI=1S/C30H33N3O4/c1-17-9-11-21(19(3)14-17)32-28(35)26-24(34)16-30(5,37)27(25(26)23-8-6-7-13-31-23)29(36)33-22-12-10-18(2)15-20(22)4/h6-15,25-27,37H,16H2,1-5H3,(H,32,35)(H,33,36)/t25-,26+,27-,30-/m0/s1. The quantitative estimate of drug-likeness (QED) is 0.444. The summed E-state index contributed by atoms with van der Waals surface area (Å²) in [6.07, 6.45) is 1.23. The number of aromatic nitrogens is 1. The van der Waals surface area contributed by atoms with Gasteiger partial charge in [0.25, 0.3) is 0 Å². The fourth-order valence-electron chi connectivity index (χ4n) is 5.35. The van der Waals surface area contributed by atoms with Gasteiger partial charge >= 0.3 is 0 Å². The maximum absolute atomic E-state index is 13.8. The number of hydrogen-bond donors (Lipinski definition) is 3. The van der Waals surface area contributed by atoms with Gasteiger partial charge in [-0.25, -0.2) is 0 Å². The van der Waals surface area contributed by atoms with Gasteiger partial charge in [0.05, 0.1) is 11.5 Å². The van der Waals surface area contributed by atoms with Crippen LogP contribution in [0.1, 0.15) is 47.2 Å². The first kappa shape index (κ1) is 26.2. The summed E-state index contributed by atoms with van der Waals surface area (Å²) in [7, 11) is 0. The molecule has 0 saturated heterocycles. The molecule has 2 amide bonds. The maximum Gasteiger partial charge on any atom is 0.235 e. The molecule has 1 heterocycles. The molecule has 3 aromatic rings. The Labute approximate surface area is 217 Å². The van der Waals surface area contributed by atoms with Crippen molar-refractivity contribution in [1.82, 2.24) is 4.98 Å². The average Bonchev–Trinajstić information content (AvgIpc) is 2.82. The van der Waals surface area contributed by atoms with Crippen molar-refractivity contribution in [3.8, 4) is 0 Å². The Bertz CT molecular complexity index is 1350. The smallest absolute Gasteiger partial charge is 0.235 e. The van der Waals surface area contributed by atoms with E-state index in [1.807, 2.05) is 58.0 Å². The zero-order valence-corrected chi connectivity index (χ0v) is 21.8. The number of benzene rings is 2. The minimum Gasteiger partial charge on any atom is -0.389 e. The lowest BCUT2D eigenvalue weighted by Gasteiger charge is -2.44. The zero-order valence-electron chi connectivity index (χ0n) is 21.8. The second kappa shape index (κ2) is 10.3. The van der Waals surface area contributed by atoms with E-state index in [9.17, 15) is 19.5 Å². The van der Waals surface area contributed by atoms with Crippen molar-refractivity contribution in [2.24, 2.45) is 11.8 Å². The number of anilines is 2. The zero-order chi connectivity index (χ0) is 26.9. The predicted octanol–water partition coefficient (Wildman–Crippen LogP) is 4.63. The number of carbonyl (C=O) groups excluding carboxylic acids is 3. The maximum atomic E-state index is 13.8. The van der Waals surface area contributed by atoms with Crippen LogP contribution in [0.3, 0.4) is 0 Å². The number of hydrogen-bond acceptors (Lipinski definition) is 5. The van der Waals surface area contributed by atoms with Crippen molar-refractivity contribution in [1.29, 1.82) is 0 Å². The molecule has 0 aliphatic heterocycles. The Balaban J connectivity index is 1.75. The predicted molar refractivity (Wildman–Crippen MR) is 143 cm³/mol. The van der Waals surface area contributed by atoms with Crippen molar-refractivity contribution in [2.45, 2.75) is 52.6 Å². The molecular formula is C30H33N3O4. The van der Waals surface area contributed by atoms with Crippen LogP contribution < -0.4 is 10.6 Å². The molecule has 4 atom stereocenters. The Morgan fingerprint density at radius 3 is 1.97 bits per heavy atom. The fraction of sp³-hybridized carbons (Fsp3) is 0.333. The molecule has 1 fully saturated rings. The first-order valence-electron chi connectivity index (χ1n) is 12.4.